The Balaban J connectivity index is 0.00000385. The minimum Gasteiger partial charge on any atom is -0.497 e. The molecule has 0 spiro atoms. The number of likely N-dealkylation sites (tertiary alicyclic amines) is 1. The van der Waals surface area contributed by atoms with E-state index in [9.17, 15) is 0 Å². The van der Waals surface area contributed by atoms with E-state index in [1.807, 2.05) is 37.2 Å². The minimum atomic E-state index is 0. The van der Waals surface area contributed by atoms with Crippen LogP contribution in [-0.4, -0.2) is 63.2 Å². The summed E-state index contributed by atoms with van der Waals surface area (Å²) in [4.78, 5) is 14.1. The molecule has 0 radical (unpaired) electrons. The van der Waals surface area contributed by atoms with E-state index in [4.69, 9.17) is 9.73 Å². The van der Waals surface area contributed by atoms with Gasteiger partial charge in [0.2, 0.25) is 0 Å². The molecule has 0 amide bonds. The Morgan fingerprint density at radius 3 is 2.45 bits per heavy atom. The first-order chi connectivity index (χ1) is 15.6. The molecule has 1 atom stereocenters. The SMILES string of the molecule is CCNC(=NCc1cccc(N(C)C)n1)NCC(c1ccc(OC)cc1)N1CCCCC1.I. The van der Waals surface area contributed by atoms with E-state index in [1.165, 1.54) is 24.8 Å². The number of ether oxygens (including phenoxy) is 1. The Morgan fingerprint density at radius 2 is 1.82 bits per heavy atom. The molecule has 1 aliphatic rings. The molecule has 1 aromatic carbocycles. The van der Waals surface area contributed by atoms with Gasteiger partial charge in [-0.15, -0.1) is 24.0 Å². The lowest BCUT2D eigenvalue weighted by Crippen LogP contribution is -2.44. The third-order valence-electron chi connectivity index (χ3n) is 5.79. The Morgan fingerprint density at radius 1 is 1.09 bits per heavy atom. The number of guanidine groups is 1. The van der Waals surface area contributed by atoms with Crippen molar-refractivity contribution in [2.75, 3.05) is 52.3 Å². The highest BCUT2D eigenvalue weighted by molar-refractivity contribution is 14.0. The van der Waals surface area contributed by atoms with E-state index in [0.29, 0.717) is 12.6 Å². The summed E-state index contributed by atoms with van der Waals surface area (Å²) < 4.78 is 5.35. The Hall–Kier alpha value is -2.07. The number of aromatic nitrogens is 1. The van der Waals surface area contributed by atoms with Gasteiger partial charge in [-0.2, -0.15) is 0 Å². The maximum Gasteiger partial charge on any atom is 0.191 e. The van der Waals surface area contributed by atoms with Crippen LogP contribution in [0.4, 0.5) is 5.82 Å². The van der Waals surface area contributed by atoms with Crippen molar-refractivity contribution in [3.8, 4) is 5.75 Å². The van der Waals surface area contributed by atoms with Crippen LogP contribution >= 0.6 is 24.0 Å². The normalized spacial score (nSPS) is 15.3. The smallest absolute Gasteiger partial charge is 0.191 e. The summed E-state index contributed by atoms with van der Waals surface area (Å²) >= 11 is 0. The van der Waals surface area contributed by atoms with Gasteiger partial charge < -0.3 is 20.3 Å². The van der Waals surface area contributed by atoms with Crippen LogP contribution in [0.1, 0.15) is 43.5 Å². The average molecular weight is 567 g/mol. The highest BCUT2D eigenvalue weighted by Gasteiger charge is 2.22. The first-order valence-corrected chi connectivity index (χ1v) is 11.6. The fraction of sp³-hybridized carbons (Fsp3) is 0.520. The molecule has 0 saturated carbocycles. The molecule has 182 valence electrons. The first-order valence-electron chi connectivity index (χ1n) is 11.6. The van der Waals surface area contributed by atoms with Crippen molar-refractivity contribution in [1.82, 2.24) is 20.5 Å². The van der Waals surface area contributed by atoms with E-state index in [2.05, 4.69) is 51.7 Å². The standard InChI is InChI=1S/C25H38N6O.HI/c1-5-26-25(27-18-21-10-9-11-24(29-21)30(2)3)28-19-23(31-16-7-6-8-17-31)20-12-14-22(32-4)15-13-20;/h9-15,23H,5-8,16-19H2,1-4H3,(H2,26,27,28);1H. The molecule has 8 heteroatoms. The van der Waals surface area contributed by atoms with Crippen LogP contribution in [0.2, 0.25) is 0 Å². The van der Waals surface area contributed by atoms with Crippen LogP contribution in [0.15, 0.2) is 47.5 Å². The summed E-state index contributed by atoms with van der Waals surface area (Å²) in [5.41, 5.74) is 2.26. The van der Waals surface area contributed by atoms with Crippen LogP contribution in [0.25, 0.3) is 0 Å². The number of nitrogens with one attached hydrogen (secondary N) is 2. The second-order valence-corrected chi connectivity index (χ2v) is 8.34. The second-order valence-electron chi connectivity index (χ2n) is 8.34. The van der Waals surface area contributed by atoms with Crippen molar-refractivity contribution in [3.63, 3.8) is 0 Å². The fourth-order valence-electron chi connectivity index (χ4n) is 4.01. The molecule has 2 N–H and O–H groups in total. The van der Waals surface area contributed by atoms with Gasteiger partial charge in [-0.25, -0.2) is 9.98 Å². The van der Waals surface area contributed by atoms with Gasteiger partial charge >= 0.3 is 0 Å². The van der Waals surface area contributed by atoms with E-state index in [1.54, 1.807) is 7.11 Å². The van der Waals surface area contributed by atoms with Crippen molar-refractivity contribution < 1.29 is 4.74 Å². The maximum absolute atomic E-state index is 5.35. The number of aliphatic imine (C=N–C) groups is 1. The van der Waals surface area contributed by atoms with Crippen LogP contribution in [0.3, 0.4) is 0 Å². The third-order valence-corrected chi connectivity index (χ3v) is 5.79. The highest BCUT2D eigenvalue weighted by Crippen LogP contribution is 2.25. The van der Waals surface area contributed by atoms with Crippen LogP contribution < -0.4 is 20.3 Å². The molecule has 3 rings (SSSR count). The van der Waals surface area contributed by atoms with Gasteiger partial charge in [-0.3, -0.25) is 4.90 Å². The van der Waals surface area contributed by atoms with Gasteiger partial charge in [0.15, 0.2) is 5.96 Å². The molecule has 1 unspecified atom stereocenters. The van der Waals surface area contributed by atoms with Gasteiger partial charge in [0.05, 0.1) is 25.4 Å². The van der Waals surface area contributed by atoms with Crippen LogP contribution in [0.5, 0.6) is 5.75 Å². The molecule has 7 nitrogen and oxygen atoms in total. The molecular weight excluding hydrogens is 527 g/mol. The summed E-state index contributed by atoms with van der Waals surface area (Å²) in [7, 11) is 5.71. The summed E-state index contributed by atoms with van der Waals surface area (Å²) in [5, 5.41) is 6.96. The largest absolute Gasteiger partial charge is 0.497 e. The lowest BCUT2D eigenvalue weighted by atomic mass is 10.0. The molecule has 1 fully saturated rings. The molecule has 0 aliphatic carbocycles. The predicted molar refractivity (Wildman–Crippen MR) is 148 cm³/mol. The number of rotatable bonds is 9. The van der Waals surface area contributed by atoms with Gasteiger partial charge in [-0.1, -0.05) is 24.6 Å². The number of hydrogen-bond acceptors (Lipinski definition) is 5. The molecule has 1 aliphatic heterocycles. The van der Waals surface area contributed by atoms with Crippen molar-refractivity contribution in [3.05, 3.63) is 53.7 Å². The Kier molecular flexibility index (Phi) is 11.7. The number of pyridine rings is 1. The molecular formula is C25H39IN6O. The van der Waals surface area contributed by atoms with Crippen molar-refractivity contribution in [2.45, 2.75) is 38.8 Å². The van der Waals surface area contributed by atoms with Gasteiger partial charge in [0.1, 0.15) is 11.6 Å². The van der Waals surface area contributed by atoms with Crippen LogP contribution in [0, 0.1) is 0 Å². The van der Waals surface area contributed by atoms with Crippen molar-refractivity contribution >= 4 is 35.8 Å². The van der Waals surface area contributed by atoms with Gasteiger partial charge in [0, 0.05) is 27.2 Å². The molecule has 2 aromatic rings. The van der Waals surface area contributed by atoms with Crippen LogP contribution in [-0.2, 0) is 6.54 Å². The number of methoxy groups -OCH3 is 1. The lowest BCUT2D eigenvalue weighted by molar-refractivity contribution is 0.164. The van der Waals surface area contributed by atoms with E-state index in [-0.39, 0.29) is 24.0 Å². The molecule has 33 heavy (non-hydrogen) atoms. The summed E-state index contributed by atoms with van der Waals surface area (Å²) in [6.45, 7) is 6.50. The van der Waals surface area contributed by atoms with Crippen molar-refractivity contribution in [1.29, 1.82) is 0 Å². The zero-order valence-corrected chi connectivity index (χ0v) is 22.7. The predicted octanol–water partition coefficient (Wildman–Crippen LogP) is 4.06. The molecule has 0 bridgehead atoms. The highest BCUT2D eigenvalue weighted by atomic mass is 127. The fourth-order valence-corrected chi connectivity index (χ4v) is 4.01. The Bertz CT molecular complexity index is 852. The van der Waals surface area contributed by atoms with E-state index >= 15 is 0 Å². The number of benzene rings is 1. The molecule has 1 aromatic heterocycles. The summed E-state index contributed by atoms with van der Waals surface area (Å²) in [6, 6.07) is 14.8. The van der Waals surface area contributed by atoms with Gasteiger partial charge in [0.25, 0.3) is 0 Å². The third kappa shape index (κ3) is 8.33. The number of piperidine rings is 1. The second kappa shape index (κ2) is 14.2. The van der Waals surface area contributed by atoms with E-state index in [0.717, 1.165) is 49.4 Å². The Labute approximate surface area is 216 Å². The quantitative estimate of drug-likeness (QED) is 0.271. The summed E-state index contributed by atoms with van der Waals surface area (Å²) in [6.07, 6.45) is 3.84. The lowest BCUT2D eigenvalue weighted by Gasteiger charge is -2.35. The maximum atomic E-state index is 5.35. The molecule has 2 heterocycles. The number of nitrogens with zero attached hydrogens (tertiary/aromatic N) is 4. The average Bonchev–Trinajstić information content (AvgIpc) is 2.83. The zero-order chi connectivity index (χ0) is 22.8. The van der Waals surface area contributed by atoms with Gasteiger partial charge in [-0.05, 0) is 62.7 Å². The number of halogens is 1. The molecule has 1 saturated heterocycles. The summed E-state index contributed by atoms with van der Waals surface area (Å²) in [5.74, 6) is 2.65. The minimum absolute atomic E-state index is 0. The zero-order valence-electron chi connectivity index (χ0n) is 20.4. The first kappa shape index (κ1) is 27.2. The number of hydrogen-bond donors (Lipinski definition) is 2. The monoisotopic (exact) mass is 566 g/mol. The van der Waals surface area contributed by atoms with Crippen molar-refractivity contribution in [2.24, 2.45) is 4.99 Å². The number of anilines is 1. The topological polar surface area (TPSA) is 65.0 Å². The van der Waals surface area contributed by atoms with E-state index < -0.39 is 0 Å².